The fraction of sp³-hybridized carbons (Fsp3) is 0.167. The van der Waals surface area contributed by atoms with E-state index in [-0.39, 0.29) is 11.5 Å². The van der Waals surface area contributed by atoms with E-state index in [4.69, 9.17) is 9.47 Å². The Morgan fingerprint density at radius 2 is 1.64 bits per heavy atom. The first-order chi connectivity index (χ1) is 12.0. The van der Waals surface area contributed by atoms with Crippen LogP contribution in [0.5, 0.6) is 11.5 Å². The minimum absolute atomic E-state index is 0.189. The summed E-state index contributed by atoms with van der Waals surface area (Å²) in [5.74, 6) is 0.262. The second kappa shape index (κ2) is 8.49. The number of methoxy groups -OCH3 is 2. The molecule has 0 saturated carbocycles. The van der Waals surface area contributed by atoms with Crippen molar-refractivity contribution in [2.45, 2.75) is 6.92 Å². The number of carbonyl (C=O) groups is 1. The van der Waals surface area contributed by atoms with Gasteiger partial charge in [-0.3, -0.25) is 4.79 Å². The molecule has 2 rings (SSSR count). The highest BCUT2D eigenvalue weighted by atomic mass is 16.5. The van der Waals surface area contributed by atoms with Crippen molar-refractivity contribution in [3.8, 4) is 11.5 Å². The molecule has 0 aliphatic carbocycles. The highest BCUT2D eigenvalue weighted by Gasteiger charge is 2.13. The van der Waals surface area contributed by atoms with Crippen molar-refractivity contribution in [2.75, 3.05) is 19.5 Å². The summed E-state index contributed by atoms with van der Waals surface area (Å²) in [6, 6.07) is 13.8. The van der Waals surface area contributed by atoms with Gasteiger partial charge in [0.2, 0.25) is 0 Å². The van der Waals surface area contributed by atoms with Gasteiger partial charge in [-0.05, 0) is 19.1 Å². The molecule has 0 unspecified atom stereocenters. The number of rotatable bonds is 6. The fourth-order valence-corrected chi connectivity index (χ4v) is 1.95. The summed E-state index contributed by atoms with van der Waals surface area (Å²) in [6.07, 6.45) is 0. The predicted molar refractivity (Wildman–Crippen MR) is 94.5 cm³/mol. The number of aliphatic hydroxyl groups is 1. The zero-order valence-corrected chi connectivity index (χ0v) is 14.2. The van der Waals surface area contributed by atoms with Crippen LogP contribution in [0.15, 0.2) is 70.2 Å². The lowest BCUT2D eigenvalue weighted by molar-refractivity contribution is -0.113. The average Bonchev–Trinajstić information content (AvgIpc) is 2.62. The summed E-state index contributed by atoms with van der Waals surface area (Å²) in [5.41, 5.74) is 0.817. The first-order valence-electron chi connectivity index (χ1n) is 7.44. The molecule has 0 spiro atoms. The third-order valence-electron chi connectivity index (χ3n) is 3.19. The van der Waals surface area contributed by atoms with E-state index in [0.29, 0.717) is 22.9 Å². The Bertz CT molecular complexity index is 775. The van der Waals surface area contributed by atoms with Gasteiger partial charge in [0.15, 0.2) is 5.70 Å². The summed E-state index contributed by atoms with van der Waals surface area (Å²) in [4.78, 5) is 12.3. The lowest BCUT2D eigenvalue weighted by Gasteiger charge is -2.06. The molecule has 0 radical (unpaired) electrons. The highest BCUT2D eigenvalue weighted by molar-refractivity contribution is 6.03. The zero-order valence-electron chi connectivity index (χ0n) is 14.2. The molecule has 0 saturated heterocycles. The zero-order chi connectivity index (χ0) is 18.2. The number of ether oxygens (including phenoxy) is 2. The normalized spacial score (nSPS) is 11.8. The Morgan fingerprint density at radius 1 is 1.04 bits per heavy atom. The minimum atomic E-state index is -0.565. The number of anilines is 1. The Balaban J connectivity index is 2.23. The number of para-hydroxylation sites is 1. The SMILES string of the molecule is COc1cc(N=NC(C(=O)Nc2ccccc2)=C(C)O)cc(OC)c1. The third kappa shape index (κ3) is 5.07. The summed E-state index contributed by atoms with van der Waals surface area (Å²) in [6.45, 7) is 1.37. The molecule has 2 aromatic rings. The van der Waals surface area contributed by atoms with Crippen molar-refractivity contribution >= 4 is 17.3 Å². The van der Waals surface area contributed by atoms with Crippen LogP contribution in [0.3, 0.4) is 0 Å². The van der Waals surface area contributed by atoms with E-state index in [2.05, 4.69) is 15.5 Å². The molecule has 1 amide bonds. The molecule has 0 aliphatic heterocycles. The number of azo groups is 1. The molecular weight excluding hydrogens is 322 g/mol. The molecule has 130 valence electrons. The van der Waals surface area contributed by atoms with Crippen LogP contribution in [0, 0.1) is 0 Å². The Morgan fingerprint density at radius 3 is 2.16 bits per heavy atom. The topological polar surface area (TPSA) is 92.5 Å². The molecule has 7 nitrogen and oxygen atoms in total. The van der Waals surface area contributed by atoms with Crippen LogP contribution in [0.4, 0.5) is 11.4 Å². The molecule has 2 N–H and O–H groups in total. The largest absolute Gasteiger partial charge is 0.510 e. The van der Waals surface area contributed by atoms with Gasteiger partial charge in [-0.2, -0.15) is 0 Å². The van der Waals surface area contributed by atoms with Gasteiger partial charge >= 0.3 is 0 Å². The Kier molecular flexibility index (Phi) is 6.11. The second-order valence-electron chi connectivity index (χ2n) is 5.03. The second-order valence-corrected chi connectivity index (χ2v) is 5.03. The van der Waals surface area contributed by atoms with Gasteiger partial charge in [-0.1, -0.05) is 18.2 Å². The van der Waals surface area contributed by atoms with Crippen LogP contribution in [-0.4, -0.2) is 25.2 Å². The number of hydrogen-bond donors (Lipinski definition) is 2. The Labute approximate surface area is 145 Å². The molecule has 2 aromatic carbocycles. The quantitative estimate of drug-likeness (QED) is 0.467. The monoisotopic (exact) mass is 341 g/mol. The van der Waals surface area contributed by atoms with Gasteiger partial charge in [-0.15, -0.1) is 10.2 Å². The maximum Gasteiger partial charge on any atom is 0.279 e. The molecule has 0 fully saturated rings. The molecule has 0 bridgehead atoms. The molecule has 0 aromatic heterocycles. The van der Waals surface area contributed by atoms with Crippen molar-refractivity contribution in [3.63, 3.8) is 0 Å². The maximum atomic E-state index is 12.3. The van der Waals surface area contributed by atoms with Crippen LogP contribution in [0.2, 0.25) is 0 Å². The van der Waals surface area contributed by atoms with Crippen molar-refractivity contribution in [1.29, 1.82) is 0 Å². The number of hydrogen-bond acceptors (Lipinski definition) is 6. The summed E-state index contributed by atoms with van der Waals surface area (Å²) in [7, 11) is 3.04. The number of allylic oxidation sites excluding steroid dienone is 1. The van der Waals surface area contributed by atoms with Gasteiger partial charge in [0.05, 0.1) is 19.9 Å². The highest BCUT2D eigenvalue weighted by Crippen LogP contribution is 2.28. The molecule has 0 heterocycles. The van der Waals surface area contributed by atoms with Crippen LogP contribution in [0.1, 0.15) is 6.92 Å². The van der Waals surface area contributed by atoms with Gasteiger partial charge in [-0.25, -0.2) is 0 Å². The molecule has 7 heteroatoms. The first kappa shape index (κ1) is 18.0. The van der Waals surface area contributed by atoms with E-state index >= 15 is 0 Å². The van der Waals surface area contributed by atoms with Crippen LogP contribution in [0.25, 0.3) is 0 Å². The van der Waals surface area contributed by atoms with E-state index in [0.717, 1.165) is 0 Å². The molecular formula is C18H19N3O4. The van der Waals surface area contributed by atoms with Gasteiger partial charge in [0.1, 0.15) is 17.3 Å². The van der Waals surface area contributed by atoms with Gasteiger partial charge in [0.25, 0.3) is 5.91 Å². The lowest BCUT2D eigenvalue weighted by atomic mass is 10.3. The number of nitrogens with one attached hydrogen (secondary N) is 1. The van der Waals surface area contributed by atoms with Crippen molar-refractivity contribution in [1.82, 2.24) is 0 Å². The van der Waals surface area contributed by atoms with E-state index in [9.17, 15) is 9.90 Å². The molecule has 0 atom stereocenters. The first-order valence-corrected chi connectivity index (χ1v) is 7.44. The minimum Gasteiger partial charge on any atom is -0.510 e. The standard InChI is InChI=1S/C18H19N3O4/c1-12(22)17(18(23)19-13-7-5-4-6-8-13)21-20-14-9-15(24-2)11-16(10-14)25-3/h4-11,22H,1-3H3,(H,19,23). The molecule has 25 heavy (non-hydrogen) atoms. The van der Waals surface area contributed by atoms with Crippen molar-refractivity contribution in [3.05, 3.63) is 60.0 Å². The van der Waals surface area contributed by atoms with Crippen LogP contribution < -0.4 is 14.8 Å². The van der Waals surface area contributed by atoms with Gasteiger partial charge in [0, 0.05) is 23.9 Å². The van der Waals surface area contributed by atoms with Gasteiger partial charge < -0.3 is 19.9 Å². The van der Waals surface area contributed by atoms with Crippen LogP contribution in [-0.2, 0) is 4.79 Å². The van der Waals surface area contributed by atoms with Crippen molar-refractivity contribution < 1.29 is 19.4 Å². The summed E-state index contributed by atoms with van der Waals surface area (Å²) >= 11 is 0. The Hall–Kier alpha value is -3.35. The predicted octanol–water partition coefficient (Wildman–Crippen LogP) is 4.22. The van der Waals surface area contributed by atoms with Crippen molar-refractivity contribution in [2.24, 2.45) is 10.2 Å². The maximum absolute atomic E-state index is 12.3. The summed E-state index contributed by atoms with van der Waals surface area (Å²) in [5, 5.41) is 20.3. The number of amides is 1. The average molecular weight is 341 g/mol. The van der Waals surface area contributed by atoms with E-state index in [1.165, 1.54) is 21.1 Å². The van der Waals surface area contributed by atoms with E-state index < -0.39 is 5.91 Å². The summed E-state index contributed by atoms with van der Waals surface area (Å²) < 4.78 is 10.3. The smallest absolute Gasteiger partial charge is 0.279 e. The number of carbonyl (C=O) groups excluding carboxylic acids is 1. The molecule has 0 aliphatic rings. The number of benzene rings is 2. The third-order valence-corrected chi connectivity index (χ3v) is 3.19. The number of aliphatic hydroxyl groups excluding tert-OH is 1. The fourth-order valence-electron chi connectivity index (χ4n) is 1.95. The van der Waals surface area contributed by atoms with Crippen LogP contribution >= 0.6 is 0 Å². The van der Waals surface area contributed by atoms with E-state index in [1.54, 1.807) is 42.5 Å². The number of nitrogens with zero attached hydrogens (tertiary/aromatic N) is 2. The van der Waals surface area contributed by atoms with E-state index in [1.807, 2.05) is 6.07 Å². The lowest BCUT2D eigenvalue weighted by Crippen LogP contribution is -2.14.